The maximum absolute atomic E-state index is 12.7. The quantitative estimate of drug-likeness (QED) is 0.763. The number of nitrogens with zero attached hydrogens (tertiary/aromatic N) is 3. The molecule has 4 heterocycles. The van der Waals surface area contributed by atoms with Crippen molar-refractivity contribution < 1.29 is 4.74 Å². The van der Waals surface area contributed by atoms with Gasteiger partial charge >= 0.3 is 0 Å². The summed E-state index contributed by atoms with van der Waals surface area (Å²) in [6, 6.07) is 8.22. The van der Waals surface area contributed by atoms with E-state index in [0.29, 0.717) is 23.8 Å². The number of hydrogen-bond donors (Lipinski definition) is 0. The van der Waals surface area contributed by atoms with Gasteiger partial charge in [-0.25, -0.2) is 0 Å². The van der Waals surface area contributed by atoms with Crippen molar-refractivity contribution in [1.82, 2.24) is 14.5 Å². The van der Waals surface area contributed by atoms with Gasteiger partial charge in [0.05, 0.1) is 13.3 Å². The molecule has 150 valence electrons. The summed E-state index contributed by atoms with van der Waals surface area (Å²) in [6.07, 6.45) is 7.12. The molecule has 4 rings (SSSR count). The van der Waals surface area contributed by atoms with Crippen LogP contribution in [0.2, 0.25) is 0 Å². The summed E-state index contributed by atoms with van der Waals surface area (Å²) < 4.78 is 7.46. The second-order valence-electron chi connectivity index (χ2n) is 8.82. The zero-order valence-electron chi connectivity index (χ0n) is 17.2. The maximum Gasteiger partial charge on any atom is 0.250 e. The monoisotopic (exact) mass is 381 g/mol. The van der Waals surface area contributed by atoms with E-state index in [-0.39, 0.29) is 5.56 Å². The number of aromatic nitrogens is 2. The molecular formula is C23H31N3O2. The Kier molecular flexibility index (Phi) is 5.54. The molecular weight excluding hydrogens is 350 g/mol. The Balaban J connectivity index is 1.60. The molecule has 2 aromatic rings. The molecule has 2 aliphatic rings. The molecule has 2 aromatic heterocycles. The van der Waals surface area contributed by atoms with Crippen molar-refractivity contribution in [3.05, 3.63) is 58.3 Å². The number of ether oxygens (including phenoxy) is 1. The Bertz CT molecular complexity index is 876. The lowest BCUT2D eigenvalue weighted by Gasteiger charge is -2.47. The minimum atomic E-state index is 0.173. The largest absolute Gasteiger partial charge is 0.495 e. The number of fused-ring (bicyclic) bond motifs is 4. The van der Waals surface area contributed by atoms with E-state index in [0.717, 1.165) is 38.2 Å². The second kappa shape index (κ2) is 8.08. The molecule has 2 aliphatic heterocycles. The van der Waals surface area contributed by atoms with Crippen LogP contribution in [-0.4, -0.2) is 34.7 Å². The zero-order valence-corrected chi connectivity index (χ0v) is 17.2. The van der Waals surface area contributed by atoms with Gasteiger partial charge in [-0.2, -0.15) is 0 Å². The van der Waals surface area contributed by atoms with Crippen LogP contribution in [0.4, 0.5) is 0 Å². The third-order valence-electron chi connectivity index (χ3n) is 6.33. The molecule has 0 N–H and O–H groups in total. The summed E-state index contributed by atoms with van der Waals surface area (Å²) in [6.45, 7) is 7.45. The summed E-state index contributed by atoms with van der Waals surface area (Å²) in [5, 5.41) is 0. The molecule has 0 amide bonds. The van der Waals surface area contributed by atoms with E-state index in [1.165, 1.54) is 17.7 Å². The fourth-order valence-corrected chi connectivity index (χ4v) is 5.06. The van der Waals surface area contributed by atoms with Gasteiger partial charge < -0.3 is 9.30 Å². The van der Waals surface area contributed by atoms with Gasteiger partial charge in [-0.3, -0.25) is 14.7 Å². The average Bonchev–Trinajstić information content (AvgIpc) is 2.68. The summed E-state index contributed by atoms with van der Waals surface area (Å²) in [7, 11) is 1.68. The van der Waals surface area contributed by atoms with Gasteiger partial charge in [0.1, 0.15) is 5.75 Å². The number of likely N-dealkylation sites (tertiary alicyclic amines) is 1. The van der Waals surface area contributed by atoms with Crippen LogP contribution in [0.3, 0.4) is 0 Å². The lowest BCUT2D eigenvalue weighted by Crippen LogP contribution is -2.49. The average molecular weight is 382 g/mol. The highest BCUT2D eigenvalue weighted by atomic mass is 16.5. The van der Waals surface area contributed by atoms with Crippen molar-refractivity contribution in [3.8, 4) is 5.75 Å². The van der Waals surface area contributed by atoms with E-state index in [4.69, 9.17) is 4.74 Å². The number of methoxy groups -OCH3 is 1. The molecule has 0 aromatic carbocycles. The number of rotatable bonds is 6. The number of pyridine rings is 2. The Labute approximate surface area is 167 Å². The molecule has 3 atom stereocenters. The van der Waals surface area contributed by atoms with Gasteiger partial charge in [-0.15, -0.1) is 0 Å². The summed E-state index contributed by atoms with van der Waals surface area (Å²) in [5.41, 5.74) is 2.58. The van der Waals surface area contributed by atoms with Crippen LogP contribution >= 0.6 is 0 Å². The standard InChI is InChI=1S/C23H31N3O2/c1-16(2)7-8-22-19-10-18(21-5-4-6-23(27)26(21)22)14-25(15-19)13-17-9-20(28-3)12-24-11-17/h4-6,9,11-12,16,18-19,22H,7-8,10,13-15H2,1-3H3/t18-,19+,22+/m1/s1. The van der Waals surface area contributed by atoms with E-state index in [1.807, 2.05) is 12.3 Å². The van der Waals surface area contributed by atoms with Gasteiger partial charge in [-0.1, -0.05) is 19.9 Å². The Morgan fingerprint density at radius 1 is 1.25 bits per heavy atom. The summed E-state index contributed by atoms with van der Waals surface area (Å²) >= 11 is 0. The second-order valence-corrected chi connectivity index (χ2v) is 8.82. The van der Waals surface area contributed by atoms with Crippen molar-refractivity contribution in [2.75, 3.05) is 20.2 Å². The minimum absolute atomic E-state index is 0.173. The number of hydrogen-bond acceptors (Lipinski definition) is 4. The fourth-order valence-electron chi connectivity index (χ4n) is 5.06. The Morgan fingerprint density at radius 3 is 2.89 bits per heavy atom. The van der Waals surface area contributed by atoms with Crippen LogP contribution in [0, 0.1) is 11.8 Å². The molecule has 0 saturated carbocycles. The lowest BCUT2D eigenvalue weighted by molar-refractivity contribution is 0.0797. The van der Waals surface area contributed by atoms with E-state index in [1.54, 1.807) is 19.4 Å². The van der Waals surface area contributed by atoms with Gasteiger partial charge in [0, 0.05) is 49.6 Å². The molecule has 0 spiro atoms. The highest BCUT2D eigenvalue weighted by Gasteiger charge is 2.40. The van der Waals surface area contributed by atoms with E-state index >= 15 is 0 Å². The van der Waals surface area contributed by atoms with Crippen LogP contribution < -0.4 is 10.3 Å². The van der Waals surface area contributed by atoms with Gasteiger partial charge in [0.25, 0.3) is 5.56 Å². The van der Waals surface area contributed by atoms with Crippen LogP contribution in [-0.2, 0) is 6.54 Å². The summed E-state index contributed by atoms with van der Waals surface area (Å²) in [5.74, 6) is 2.43. The topological polar surface area (TPSA) is 47.4 Å². The zero-order chi connectivity index (χ0) is 19.7. The van der Waals surface area contributed by atoms with E-state index in [9.17, 15) is 4.79 Å². The molecule has 5 heteroatoms. The fraction of sp³-hybridized carbons (Fsp3) is 0.565. The first kappa shape index (κ1) is 19.2. The van der Waals surface area contributed by atoms with Crippen LogP contribution in [0.1, 0.15) is 56.3 Å². The van der Waals surface area contributed by atoms with Crippen molar-refractivity contribution in [3.63, 3.8) is 0 Å². The first-order valence-electron chi connectivity index (χ1n) is 10.5. The molecule has 2 bridgehead atoms. The van der Waals surface area contributed by atoms with Gasteiger partial charge in [0.2, 0.25) is 0 Å². The molecule has 0 radical (unpaired) electrons. The third kappa shape index (κ3) is 3.86. The summed E-state index contributed by atoms with van der Waals surface area (Å²) in [4.78, 5) is 19.6. The smallest absolute Gasteiger partial charge is 0.250 e. The first-order chi connectivity index (χ1) is 13.5. The molecule has 1 saturated heterocycles. The SMILES string of the molecule is COc1cncc(CN2C[C@H]3C[C@@H](C2)[C@H](CCC(C)C)n2c3cccc2=O)c1. The Hall–Kier alpha value is -2.14. The molecule has 5 nitrogen and oxygen atoms in total. The maximum atomic E-state index is 12.7. The van der Waals surface area contributed by atoms with Crippen molar-refractivity contribution in [2.45, 2.75) is 51.6 Å². The Morgan fingerprint density at radius 2 is 2.11 bits per heavy atom. The van der Waals surface area contributed by atoms with Crippen molar-refractivity contribution >= 4 is 0 Å². The van der Waals surface area contributed by atoms with Crippen LogP contribution in [0.5, 0.6) is 5.75 Å². The van der Waals surface area contributed by atoms with Crippen LogP contribution in [0.25, 0.3) is 0 Å². The first-order valence-corrected chi connectivity index (χ1v) is 10.5. The lowest BCUT2D eigenvalue weighted by atomic mass is 9.76. The minimum Gasteiger partial charge on any atom is -0.495 e. The normalized spacial score (nSPS) is 24.2. The number of piperidine rings is 1. The predicted molar refractivity (Wildman–Crippen MR) is 111 cm³/mol. The van der Waals surface area contributed by atoms with Gasteiger partial charge in [0.15, 0.2) is 0 Å². The van der Waals surface area contributed by atoms with E-state index < -0.39 is 0 Å². The highest BCUT2D eigenvalue weighted by Crippen LogP contribution is 2.43. The van der Waals surface area contributed by atoms with E-state index in [2.05, 4.69) is 40.4 Å². The third-order valence-corrected chi connectivity index (χ3v) is 6.33. The van der Waals surface area contributed by atoms with Crippen molar-refractivity contribution in [2.24, 2.45) is 11.8 Å². The molecule has 1 fully saturated rings. The molecule has 28 heavy (non-hydrogen) atoms. The highest BCUT2D eigenvalue weighted by molar-refractivity contribution is 5.24. The molecule has 0 aliphatic carbocycles. The van der Waals surface area contributed by atoms with Crippen LogP contribution in [0.15, 0.2) is 41.5 Å². The predicted octanol–water partition coefficient (Wildman–Crippen LogP) is 3.85. The molecule has 0 unspecified atom stereocenters. The van der Waals surface area contributed by atoms with Crippen molar-refractivity contribution in [1.29, 1.82) is 0 Å². The van der Waals surface area contributed by atoms with Gasteiger partial charge in [-0.05, 0) is 48.8 Å².